The van der Waals surface area contributed by atoms with Gasteiger partial charge in [-0.05, 0) is 6.92 Å². The van der Waals surface area contributed by atoms with Crippen LogP contribution in [-0.2, 0) is 24.0 Å². The molecule has 0 amide bonds. The molecule has 4 aliphatic rings. The Morgan fingerprint density at radius 3 is 3.00 bits per heavy atom. The lowest BCUT2D eigenvalue weighted by atomic mass is 9.80. The third-order valence-electron chi connectivity index (χ3n) is 3.56. The summed E-state index contributed by atoms with van der Waals surface area (Å²) in [4.78, 5) is 20.8. The molecule has 0 aromatic carbocycles. The van der Waals surface area contributed by atoms with Crippen LogP contribution in [0.1, 0.15) is 6.92 Å². The molecule has 0 aromatic heterocycles. The Kier molecular flexibility index (Phi) is 0.844. The first kappa shape index (κ1) is 6.75. The zero-order chi connectivity index (χ0) is 8.79. The first-order valence-corrected chi connectivity index (χ1v) is 4.42. The molecule has 0 N–H and O–H groups in total. The van der Waals surface area contributed by atoms with E-state index >= 15 is 0 Å². The quantitative estimate of drug-likeness (QED) is 0.371. The van der Waals surface area contributed by atoms with Crippen LogP contribution in [0, 0.1) is 5.92 Å². The second kappa shape index (κ2) is 1.63. The molecule has 0 radical (unpaired) electrons. The normalized spacial score (nSPS) is 66.2. The van der Waals surface area contributed by atoms with Gasteiger partial charge in [0, 0.05) is 0 Å². The van der Waals surface area contributed by atoms with Gasteiger partial charge in [-0.2, -0.15) is 4.89 Å². The number of rotatable bonds is 0. The molecule has 4 aliphatic heterocycles. The van der Waals surface area contributed by atoms with Gasteiger partial charge in [0.1, 0.15) is 29.8 Å². The standard InChI is InChI=1S/C8H8O5/c1-8-5-2(7(9)13-12-5)3(11-8)4-6(8)10-4/h2-6H,1H3. The Balaban J connectivity index is 1.85. The summed E-state index contributed by atoms with van der Waals surface area (Å²) in [7, 11) is 0. The predicted octanol–water partition coefficient (Wildman–Crippen LogP) is -0.602. The van der Waals surface area contributed by atoms with Gasteiger partial charge in [-0.1, -0.05) is 0 Å². The molecular formula is C8H8O5. The highest BCUT2D eigenvalue weighted by Gasteiger charge is 2.80. The number of hydrogen-bond acceptors (Lipinski definition) is 5. The van der Waals surface area contributed by atoms with Gasteiger partial charge in [-0.25, -0.2) is 4.79 Å². The molecule has 2 bridgehead atoms. The third kappa shape index (κ3) is 0.528. The fourth-order valence-corrected chi connectivity index (χ4v) is 2.87. The van der Waals surface area contributed by atoms with Gasteiger partial charge in [0.25, 0.3) is 0 Å². The minimum Gasteiger partial charge on any atom is -0.363 e. The van der Waals surface area contributed by atoms with E-state index in [-0.39, 0.29) is 36.3 Å². The minimum absolute atomic E-state index is 0.0977. The largest absolute Gasteiger partial charge is 0.363 e. The van der Waals surface area contributed by atoms with Crippen molar-refractivity contribution in [3.8, 4) is 0 Å². The van der Waals surface area contributed by atoms with Crippen LogP contribution >= 0.6 is 0 Å². The summed E-state index contributed by atoms with van der Waals surface area (Å²) in [5.74, 6) is -0.582. The zero-order valence-electron chi connectivity index (χ0n) is 6.93. The van der Waals surface area contributed by atoms with Crippen molar-refractivity contribution < 1.29 is 24.0 Å². The third-order valence-corrected chi connectivity index (χ3v) is 3.56. The molecule has 70 valence electrons. The van der Waals surface area contributed by atoms with Crippen LogP contribution in [0.15, 0.2) is 0 Å². The Bertz CT molecular complexity index is 316. The lowest BCUT2D eigenvalue weighted by Gasteiger charge is -2.23. The number of carbonyl (C=O) groups is 1. The van der Waals surface area contributed by atoms with E-state index in [1.807, 2.05) is 6.92 Å². The van der Waals surface area contributed by atoms with Crippen LogP contribution in [0.3, 0.4) is 0 Å². The van der Waals surface area contributed by atoms with Gasteiger partial charge in [0.05, 0.1) is 0 Å². The molecule has 6 atom stereocenters. The second-order valence-corrected chi connectivity index (χ2v) is 4.23. The average molecular weight is 184 g/mol. The smallest absolute Gasteiger partial charge is 0.351 e. The van der Waals surface area contributed by atoms with Crippen molar-refractivity contribution in [2.75, 3.05) is 0 Å². The molecule has 4 rings (SSSR count). The van der Waals surface area contributed by atoms with Crippen LogP contribution in [0.5, 0.6) is 0 Å². The fraction of sp³-hybridized carbons (Fsp3) is 0.875. The predicted molar refractivity (Wildman–Crippen MR) is 36.4 cm³/mol. The summed E-state index contributed by atoms with van der Waals surface area (Å²) in [6, 6.07) is 0. The number of carbonyl (C=O) groups excluding carboxylic acids is 1. The van der Waals surface area contributed by atoms with Crippen molar-refractivity contribution in [3.05, 3.63) is 0 Å². The number of fused-ring (bicyclic) bond motifs is 8. The summed E-state index contributed by atoms with van der Waals surface area (Å²) in [5, 5.41) is 0. The van der Waals surface area contributed by atoms with E-state index < -0.39 is 5.60 Å². The lowest BCUT2D eigenvalue weighted by molar-refractivity contribution is -0.286. The molecule has 0 aliphatic carbocycles. The lowest BCUT2D eigenvalue weighted by Crippen LogP contribution is -2.45. The summed E-state index contributed by atoms with van der Waals surface area (Å²) in [6.45, 7) is 1.92. The van der Waals surface area contributed by atoms with Gasteiger partial charge in [0.15, 0.2) is 6.10 Å². The molecule has 5 heteroatoms. The van der Waals surface area contributed by atoms with Gasteiger partial charge in [0.2, 0.25) is 0 Å². The van der Waals surface area contributed by atoms with Crippen molar-refractivity contribution in [3.63, 3.8) is 0 Å². The number of ether oxygens (including phenoxy) is 2. The summed E-state index contributed by atoms with van der Waals surface area (Å²) in [5.41, 5.74) is -0.466. The van der Waals surface area contributed by atoms with Gasteiger partial charge in [-0.3, -0.25) is 4.89 Å². The summed E-state index contributed by atoms with van der Waals surface area (Å²) < 4.78 is 11.1. The van der Waals surface area contributed by atoms with Gasteiger partial charge >= 0.3 is 5.97 Å². The molecule has 0 spiro atoms. The van der Waals surface area contributed by atoms with Crippen LogP contribution in [0.25, 0.3) is 0 Å². The maximum atomic E-state index is 11.3. The van der Waals surface area contributed by atoms with Crippen molar-refractivity contribution in [1.29, 1.82) is 0 Å². The van der Waals surface area contributed by atoms with Gasteiger partial charge in [-0.15, -0.1) is 0 Å². The topological polar surface area (TPSA) is 57.3 Å². The van der Waals surface area contributed by atoms with E-state index in [4.69, 9.17) is 14.4 Å². The summed E-state index contributed by atoms with van der Waals surface area (Å²) in [6.07, 6.45) is -0.211. The molecule has 13 heavy (non-hydrogen) atoms. The van der Waals surface area contributed by atoms with Crippen molar-refractivity contribution in [1.82, 2.24) is 0 Å². The van der Waals surface area contributed by atoms with E-state index in [0.29, 0.717) is 0 Å². The van der Waals surface area contributed by atoms with E-state index in [2.05, 4.69) is 4.89 Å². The fourth-order valence-electron chi connectivity index (χ4n) is 2.87. The Morgan fingerprint density at radius 2 is 2.15 bits per heavy atom. The number of hydrogen-bond donors (Lipinski definition) is 0. The van der Waals surface area contributed by atoms with Crippen LogP contribution in [0.4, 0.5) is 0 Å². The zero-order valence-corrected chi connectivity index (χ0v) is 6.93. The van der Waals surface area contributed by atoms with Crippen molar-refractivity contribution in [2.45, 2.75) is 36.9 Å². The first-order valence-electron chi connectivity index (χ1n) is 4.42. The van der Waals surface area contributed by atoms with Crippen LogP contribution in [-0.4, -0.2) is 36.0 Å². The Morgan fingerprint density at radius 1 is 1.31 bits per heavy atom. The molecule has 0 aromatic rings. The van der Waals surface area contributed by atoms with Crippen molar-refractivity contribution >= 4 is 5.97 Å². The molecule has 0 saturated carbocycles. The molecule has 4 fully saturated rings. The highest BCUT2D eigenvalue weighted by molar-refractivity contribution is 5.76. The van der Waals surface area contributed by atoms with E-state index in [9.17, 15) is 4.79 Å². The second-order valence-electron chi connectivity index (χ2n) is 4.23. The van der Waals surface area contributed by atoms with Crippen LogP contribution < -0.4 is 0 Å². The van der Waals surface area contributed by atoms with E-state index in [1.165, 1.54) is 0 Å². The highest BCUT2D eigenvalue weighted by Crippen LogP contribution is 2.60. The molecule has 6 unspecified atom stereocenters. The van der Waals surface area contributed by atoms with E-state index in [0.717, 1.165) is 0 Å². The SMILES string of the molecule is CC12OC(C3OC31)C1C(=O)OOC12. The highest BCUT2D eigenvalue weighted by atomic mass is 17.2. The van der Waals surface area contributed by atoms with E-state index in [1.54, 1.807) is 0 Å². The van der Waals surface area contributed by atoms with Crippen molar-refractivity contribution in [2.24, 2.45) is 5.92 Å². The minimum atomic E-state index is -0.466. The molecule has 4 heterocycles. The summed E-state index contributed by atoms with van der Waals surface area (Å²) >= 11 is 0. The maximum Gasteiger partial charge on any atom is 0.351 e. The average Bonchev–Trinajstić information content (AvgIpc) is 2.64. The van der Waals surface area contributed by atoms with Gasteiger partial charge < -0.3 is 9.47 Å². The van der Waals surface area contributed by atoms with Crippen LogP contribution in [0.2, 0.25) is 0 Å². The first-order chi connectivity index (χ1) is 6.22. The number of epoxide rings is 1. The Labute approximate surface area is 73.8 Å². The molecular weight excluding hydrogens is 176 g/mol. The Hall–Kier alpha value is -0.650. The monoisotopic (exact) mass is 184 g/mol. The maximum absolute atomic E-state index is 11.3. The molecule has 4 saturated heterocycles. The molecule has 5 nitrogen and oxygen atoms in total.